The van der Waals surface area contributed by atoms with Crippen molar-refractivity contribution in [2.45, 2.75) is 23.3 Å². The zero-order valence-corrected chi connectivity index (χ0v) is 15.3. The SMILES string of the molecule is Cc1ccc([S@](=O)c2ccc[n+](Cc3ccccc3)c2)cc1.[Br-]. The van der Waals surface area contributed by atoms with Crippen LogP contribution < -0.4 is 21.5 Å². The van der Waals surface area contributed by atoms with Crippen molar-refractivity contribution in [1.29, 1.82) is 0 Å². The smallest absolute Gasteiger partial charge is 0.185 e. The van der Waals surface area contributed by atoms with Crippen LogP contribution in [0.25, 0.3) is 0 Å². The molecule has 118 valence electrons. The van der Waals surface area contributed by atoms with Gasteiger partial charge in [-0.3, -0.25) is 0 Å². The largest absolute Gasteiger partial charge is 1.00 e. The minimum Gasteiger partial charge on any atom is -1.00 e. The highest BCUT2D eigenvalue weighted by Gasteiger charge is 2.11. The van der Waals surface area contributed by atoms with E-state index in [1.54, 1.807) is 0 Å². The van der Waals surface area contributed by atoms with Gasteiger partial charge >= 0.3 is 0 Å². The minimum atomic E-state index is -1.14. The molecule has 3 aromatic rings. The van der Waals surface area contributed by atoms with Gasteiger partial charge in [0.2, 0.25) is 0 Å². The van der Waals surface area contributed by atoms with E-state index in [9.17, 15) is 4.21 Å². The first-order valence-electron chi connectivity index (χ1n) is 7.24. The van der Waals surface area contributed by atoms with E-state index in [0.29, 0.717) is 0 Å². The number of rotatable bonds is 4. The number of halogens is 1. The second kappa shape index (κ2) is 8.18. The fourth-order valence-electron chi connectivity index (χ4n) is 2.30. The molecule has 0 bridgehead atoms. The molecule has 2 aromatic carbocycles. The van der Waals surface area contributed by atoms with Crippen LogP contribution >= 0.6 is 0 Å². The van der Waals surface area contributed by atoms with Crippen LogP contribution in [-0.4, -0.2) is 4.21 Å². The van der Waals surface area contributed by atoms with Crippen molar-refractivity contribution in [2.75, 3.05) is 0 Å². The summed E-state index contributed by atoms with van der Waals surface area (Å²) in [6.07, 6.45) is 3.96. The number of aromatic nitrogens is 1. The normalized spacial score (nSPS) is 11.5. The zero-order valence-electron chi connectivity index (χ0n) is 12.9. The highest BCUT2D eigenvalue weighted by atomic mass is 79.9. The van der Waals surface area contributed by atoms with Gasteiger partial charge in [-0.05, 0) is 25.1 Å². The van der Waals surface area contributed by atoms with Crippen molar-refractivity contribution >= 4 is 10.8 Å². The second-order valence-corrected chi connectivity index (χ2v) is 6.76. The molecule has 0 saturated heterocycles. The van der Waals surface area contributed by atoms with Crippen LogP contribution in [0.15, 0.2) is 88.9 Å². The van der Waals surface area contributed by atoms with E-state index in [0.717, 1.165) is 16.3 Å². The molecule has 0 amide bonds. The summed E-state index contributed by atoms with van der Waals surface area (Å²) >= 11 is 0. The van der Waals surface area contributed by atoms with Crippen LogP contribution in [0.3, 0.4) is 0 Å². The van der Waals surface area contributed by atoms with Crippen molar-refractivity contribution in [3.63, 3.8) is 0 Å². The van der Waals surface area contributed by atoms with Gasteiger partial charge in [0, 0.05) is 16.5 Å². The molecule has 1 atom stereocenters. The number of pyridine rings is 1. The Bertz CT molecular complexity index is 788. The van der Waals surface area contributed by atoms with E-state index in [-0.39, 0.29) is 17.0 Å². The van der Waals surface area contributed by atoms with Gasteiger partial charge in [-0.2, -0.15) is 4.57 Å². The topological polar surface area (TPSA) is 20.9 Å². The van der Waals surface area contributed by atoms with Gasteiger partial charge in [0.25, 0.3) is 0 Å². The molecule has 0 aliphatic heterocycles. The second-order valence-electron chi connectivity index (χ2n) is 5.28. The van der Waals surface area contributed by atoms with Crippen LogP contribution in [0, 0.1) is 6.92 Å². The first-order chi connectivity index (χ1) is 10.7. The van der Waals surface area contributed by atoms with Gasteiger partial charge < -0.3 is 17.0 Å². The van der Waals surface area contributed by atoms with E-state index in [2.05, 4.69) is 16.7 Å². The predicted molar refractivity (Wildman–Crippen MR) is 88.0 cm³/mol. The average molecular weight is 388 g/mol. The lowest BCUT2D eigenvalue weighted by molar-refractivity contribution is -0.690. The van der Waals surface area contributed by atoms with Crippen molar-refractivity contribution in [3.8, 4) is 0 Å². The monoisotopic (exact) mass is 387 g/mol. The first-order valence-corrected chi connectivity index (χ1v) is 8.39. The Hall–Kier alpha value is -1.78. The lowest BCUT2D eigenvalue weighted by Crippen LogP contribution is -3.00. The Balaban J connectivity index is 0.00000192. The summed E-state index contributed by atoms with van der Waals surface area (Å²) in [5.74, 6) is 0. The molecule has 0 saturated carbocycles. The molecular formula is C19H18BrNOS. The van der Waals surface area contributed by atoms with Gasteiger partial charge in [-0.25, -0.2) is 4.21 Å². The molecule has 0 aliphatic carbocycles. The summed E-state index contributed by atoms with van der Waals surface area (Å²) < 4.78 is 14.7. The van der Waals surface area contributed by atoms with Crippen LogP contribution in [0.4, 0.5) is 0 Å². The van der Waals surface area contributed by atoms with E-state index in [1.807, 2.05) is 73.9 Å². The molecule has 0 N–H and O–H groups in total. The molecule has 1 heterocycles. The van der Waals surface area contributed by atoms with Gasteiger partial charge in [-0.15, -0.1) is 0 Å². The molecule has 1 aromatic heterocycles. The fourth-order valence-corrected chi connectivity index (χ4v) is 3.39. The number of benzene rings is 2. The quantitative estimate of drug-likeness (QED) is 0.597. The molecule has 23 heavy (non-hydrogen) atoms. The molecular weight excluding hydrogens is 370 g/mol. The van der Waals surface area contributed by atoms with Crippen molar-refractivity contribution in [2.24, 2.45) is 0 Å². The Morgan fingerprint density at radius 2 is 1.57 bits per heavy atom. The molecule has 3 rings (SSSR count). The maximum Gasteiger partial charge on any atom is 0.185 e. The zero-order chi connectivity index (χ0) is 15.4. The summed E-state index contributed by atoms with van der Waals surface area (Å²) in [5.41, 5.74) is 2.40. The minimum absolute atomic E-state index is 0. The number of hydrogen-bond acceptors (Lipinski definition) is 1. The van der Waals surface area contributed by atoms with Gasteiger partial charge in [0.05, 0.1) is 10.8 Å². The predicted octanol–water partition coefficient (Wildman–Crippen LogP) is 0.502. The summed E-state index contributed by atoms with van der Waals surface area (Å²) in [5, 5.41) is 0. The summed E-state index contributed by atoms with van der Waals surface area (Å²) in [4.78, 5) is 1.66. The third kappa shape index (κ3) is 4.60. The molecule has 0 fully saturated rings. The number of hydrogen-bond donors (Lipinski definition) is 0. The Labute approximate surface area is 150 Å². The van der Waals surface area contributed by atoms with E-state index in [4.69, 9.17) is 0 Å². The van der Waals surface area contributed by atoms with Crippen LogP contribution in [-0.2, 0) is 17.3 Å². The third-order valence-corrected chi connectivity index (χ3v) is 4.86. The molecule has 4 heteroatoms. The van der Waals surface area contributed by atoms with Crippen molar-refractivity contribution < 1.29 is 25.8 Å². The highest BCUT2D eigenvalue weighted by Crippen LogP contribution is 2.15. The Morgan fingerprint density at radius 3 is 2.26 bits per heavy atom. The molecule has 0 radical (unpaired) electrons. The standard InChI is InChI=1S/C19H18NOS.BrH/c1-16-9-11-18(12-10-16)22(21)19-8-5-13-20(15-19)14-17-6-3-2-4-7-17;/h2-13,15H,14H2,1H3;1H/q+1;/p-1/t22-;/m0./s1. The van der Waals surface area contributed by atoms with Gasteiger partial charge in [0.15, 0.2) is 18.9 Å². The third-order valence-electron chi connectivity index (χ3n) is 3.49. The van der Waals surface area contributed by atoms with Crippen LogP contribution in [0.1, 0.15) is 11.1 Å². The summed E-state index contributed by atoms with van der Waals surface area (Å²) in [7, 11) is -1.14. The van der Waals surface area contributed by atoms with Crippen LogP contribution in [0.2, 0.25) is 0 Å². The first kappa shape index (κ1) is 17.6. The van der Waals surface area contributed by atoms with E-state index >= 15 is 0 Å². The lowest BCUT2D eigenvalue weighted by Gasteiger charge is -2.03. The average Bonchev–Trinajstić information content (AvgIpc) is 2.56. The lowest BCUT2D eigenvalue weighted by atomic mass is 10.2. The van der Waals surface area contributed by atoms with E-state index < -0.39 is 10.8 Å². The number of nitrogens with zero attached hydrogens (tertiary/aromatic N) is 1. The fraction of sp³-hybridized carbons (Fsp3) is 0.105. The van der Waals surface area contributed by atoms with Crippen molar-refractivity contribution in [1.82, 2.24) is 0 Å². The molecule has 0 spiro atoms. The molecule has 2 nitrogen and oxygen atoms in total. The molecule has 0 unspecified atom stereocenters. The summed E-state index contributed by atoms with van der Waals surface area (Å²) in [6, 6.07) is 22.0. The Kier molecular flexibility index (Phi) is 6.25. The van der Waals surface area contributed by atoms with Crippen molar-refractivity contribution in [3.05, 3.63) is 90.3 Å². The van der Waals surface area contributed by atoms with E-state index in [1.165, 1.54) is 11.1 Å². The van der Waals surface area contributed by atoms with Crippen LogP contribution in [0.5, 0.6) is 0 Å². The highest BCUT2D eigenvalue weighted by molar-refractivity contribution is 7.85. The number of aryl methyl sites for hydroxylation is 1. The Morgan fingerprint density at radius 1 is 0.870 bits per heavy atom. The molecule has 0 aliphatic rings. The van der Waals surface area contributed by atoms with Gasteiger partial charge in [-0.1, -0.05) is 48.0 Å². The maximum absolute atomic E-state index is 12.7. The summed E-state index contributed by atoms with van der Waals surface area (Å²) in [6.45, 7) is 2.81. The van der Waals surface area contributed by atoms with Gasteiger partial charge in [0.1, 0.15) is 4.90 Å². The maximum atomic E-state index is 12.7.